The van der Waals surface area contributed by atoms with E-state index in [2.05, 4.69) is 0 Å². The molecule has 0 atom stereocenters. The number of rotatable bonds is 4. The van der Waals surface area contributed by atoms with E-state index < -0.39 is 4.92 Å². The van der Waals surface area contributed by atoms with E-state index in [9.17, 15) is 10.1 Å². The quantitative estimate of drug-likeness (QED) is 0.632. The molecule has 6 heteroatoms. The SMILES string of the molecule is O=[N+]([O-])c1ccc(OCc2ccc3c(c2)OCO3)cc1. The Labute approximate surface area is 114 Å². The Balaban J connectivity index is 1.65. The number of hydrogen-bond acceptors (Lipinski definition) is 5. The van der Waals surface area contributed by atoms with Gasteiger partial charge in [-0.15, -0.1) is 0 Å². The van der Waals surface area contributed by atoms with Crippen molar-refractivity contribution in [2.75, 3.05) is 6.79 Å². The van der Waals surface area contributed by atoms with E-state index in [1.54, 1.807) is 12.1 Å². The summed E-state index contributed by atoms with van der Waals surface area (Å²) < 4.78 is 16.1. The minimum atomic E-state index is -0.443. The predicted molar refractivity (Wildman–Crippen MR) is 70.0 cm³/mol. The van der Waals surface area contributed by atoms with E-state index in [4.69, 9.17) is 14.2 Å². The first-order valence-electron chi connectivity index (χ1n) is 5.98. The first kappa shape index (κ1) is 12.3. The third kappa shape index (κ3) is 2.49. The molecule has 0 fully saturated rings. The van der Waals surface area contributed by atoms with Crippen LogP contribution in [0.4, 0.5) is 5.69 Å². The maximum atomic E-state index is 10.5. The molecule has 1 aliphatic rings. The highest BCUT2D eigenvalue weighted by molar-refractivity contribution is 5.44. The van der Waals surface area contributed by atoms with Crippen LogP contribution < -0.4 is 14.2 Å². The van der Waals surface area contributed by atoms with Gasteiger partial charge in [-0.3, -0.25) is 10.1 Å². The lowest BCUT2D eigenvalue weighted by Gasteiger charge is -2.06. The lowest BCUT2D eigenvalue weighted by Crippen LogP contribution is -1.96. The summed E-state index contributed by atoms with van der Waals surface area (Å²) in [5, 5.41) is 10.5. The Morgan fingerprint density at radius 1 is 1.10 bits per heavy atom. The smallest absolute Gasteiger partial charge is 0.269 e. The zero-order valence-electron chi connectivity index (χ0n) is 10.4. The van der Waals surface area contributed by atoms with Crippen molar-refractivity contribution < 1.29 is 19.1 Å². The zero-order chi connectivity index (χ0) is 13.9. The first-order chi connectivity index (χ1) is 9.72. The van der Waals surface area contributed by atoms with Crippen molar-refractivity contribution in [3.05, 3.63) is 58.1 Å². The van der Waals surface area contributed by atoms with Gasteiger partial charge >= 0.3 is 0 Å². The molecule has 2 aromatic carbocycles. The molecule has 1 aliphatic heterocycles. The van der Waals surface area contributed by atoms with Gasteiger partial charge < -0.3 is 14.2 Å². The average Bonchev–Trinajstić information content (AvgIpc) is 2.93. The number of non-ortho nitro benzene ring substituents is 1. The molecule has 0 aromatic heterocycles. The Kier molecular flexibility index (Phi) is 3.12. The van der Waals surface area contributed by atoms with Crippen molar-refractivity contribution in [2.24, 2.45) is 0 Å². The second kappa shape index (κ2) is 5.08. The van der Waals surface area contributed by atoms with Gasteiger partial charge in [0.1, 0.15) is 12.4 Å². The highest BCUT2D eigenvalue weighted by atomic mass is 16.7. The number of nitrogens with zero attached hydrogens (tertiary/aromatic N) is 1. The molecule has 0 bridgehead atoms. The third-order valence-electron chi connectivity index (χ3n) is 2.89. The number of benzene rings is 2. The van der Waals surface area contributed by atoms with Crippen LogP contribution in [0, 0.1) is 10.1 Å². The van der Waals surface area contributed by atoms with Crippen LogP contribution in [0.5, 0.6) is 17.2 Å². The molecule has 102 valence electrons. The van der Waals surface area contributed by atoms with Crippen molar-refractivity contribution in [3.8, 4) is 17.2 Å². The van der Waals surface area contributed by atoms with Gasteiger partial charge in [0.2, 0.25) is 6.79 Å². The highest BCUT2D eigenvalue weighted by Crippen LogP contribution is 2.32. The Morgan fingerprint density at radius 2 is 1.85 bits per heavy atom. The molecular formula is C14H11NO5. The van der Waals surface area contributed by atoms with Crippen LogP contribution in [0.15, 0.2) is 42.5 Å². The van der Waals surface area contributed by atoms with Crippen molar-refractivity contribution in [1.29, 1.82) is 0 Å². The van der Waals surface area contributed by atoms with E-state index in [1.165, 1.54) is 12.1 Å². The molecule has 0 spiro atoms. The molecule has 0 saturated carbocycles. The molecule has 0 unspecified atom stereocenters. The van der Waals surface area contributed by atoms with Gasteiger partial charge in [-0.1, -0.05) is 6.07 Å². The molecule has 6 nitrogen and oxygen atoms in total. The predicted octanol–water partition coefficient (Wildman–Crippen LogP) is 2.90. The number of ether oxygens (including phenoxy) is 3. The van der Waals surface area contributed by atoms with Gasteiger partial charge in [0.15, 0.2) is 11.5 Å². The molecule has 0 N–H and O–H groups in total. The monoisotopic (exact) mass is 273 g/mol. The first-order valence-corrected chi connectivity index (χ1v) is 5.98. The standard InChI is InChI=1S/C14H11NO5/c16-15(17)11-2-4-12(5-3-11)18-8-10-1-6-13-14(7-10)20-9-19-13/h1-7H,8-9H2. The van der Waals surface area contributed by atoms with Crippen LogP contribution in [0.1, 0.15) is 5.56 Å². The minimum absolute atomic E-state index is 0.0421. The number of nitro groups is 1. The minimum Gasteiger partial charge on any atom is -0.489 e. The summed E-state index contributed by atoms with van der Waals surface area (Å²) in [6.07, 6.45) is 0. The maximum Gasteiger partial charge on any atom is 0.269 e. The molecule has 0 amide bonds. The lowest BCUT2D eigenvalue weighted by atomic mass is 10.2. The number of fused-ring (bicyclic) bond motifs is 1. The van der Waals surface area contributed by atoms with Gasteiger partial charge in [-0.25, -0.2) is 0 Å². The van der Waals surface area contributed by atoms with E-state index in [1.807, 2.05) is 18.2 Å². The van der Waals surface area contributed by atoms with Gasteiger partial charge in [-0.05, 0) is 29.8 Å². The molecule has 1 heterocycles. The fourth-order valence-corrected chi connectivity index (χ4v) is 1.86. The van der Waals surface area contributed by atoms with Crippen LogP contribution in [-0.2, 0) is 6.61 Å². The van der Waals surface area contributed by atoms with E-state index >= 15 is 0 Å². The van der Waals surface area contributed by atoms with Gasteiger partial charge in [0.25, 0.3) is 5.69 Å². The van der Waals surface area contributed by atoms with Gasteiger partial charge in [0.05, 0.1) is 4.92 Å². The molecule has 0 aliphatic carbocycles. The third-order valence-corrected chi connectivity index (χ3v) is 2.89. The summed E-state index contributed by atoms with van der Waals surface area (Å²) in [7, 11) is 0. The summed E-state index contributed by atoms with van der Waals surface area (Å²) in [4.78, 5) is 10.1. The molecule has 0 saturated heterocycles. The lowest BCUT2D eigenvalue weighted by molar-refractivity contribution is -0.384. The Hall–Kier alpha value is -2.76. The summed E-state index contributed by atoms with van der Waals surface area (Å²) in [5.41, 5.74) is 0.980. The summed E-state index contributed by atoms with van der Waals surface area (Å²) in [6, 6.07) is 11.5. The van der Waals surface area contributed by atoms with Crippen molar-refractivity contribution in [2.45, 2.75) is 6.61 Å². The summed E-state index contributed by atoms with van der Waals surface area (Å²) >= 11 is 0. The van der Waals surface area contributed by atoms with Crippen LogP contribution in [-0.4, -0.2) is 11.7 Å². The van der Waals surface area contributed by atoms with E-state index in [0.29, 0.717) is 18.1 Å². The van der Waals surface area contributed by atoms with Crippen molar-refractivity contribution in [1.82, 2.24) is 0 Å². The van der Waals surface area contributed by atoms with Gasteiger partial charge in [-0.2, -0.15) is 0 Å². The Morgan fingerprint density at radius 3 is 2.60 bits per heavy atom. The van der Waals surface area contributed by atoms with Crippen LogP contribution in [0.25, 0.3) is 0 Å². The molecular weight excluding hydrogens is 262 g/mol. The van der Waals surface area contributed by atoms with E-state index in [0.717, 1.165) is 11.3 Å². The summed E-state index contributed by atoms with van der Waals surface area (Å²) in [5.74, 6) is 2.01. The van der Waals surface area contributed by atoms with Crippen LogP contribution in [0.3, 0.4) is 0 Å². The molecule has 3 rings (SSSR count). The van der Waals surface area contributed by atoms with Crippen molar-refractivity contribution >= 4 is 5.69 Å². The molecule has 0 radical (unpaired) electrons. The zero-order valence-corrected chi connectivity index (χ0v) is 10.4. The normalized spacial score (nSPS) is 12.2. The largest absolute Gasteiger partial charge is 0.489 e. The van der Waals surface area contributed by atoms with Crippen LogP contribution in [0.2, 0.25) is 0 Å². The Bertz CT molecular complexity index is 639. The topological polar surface area (TPSA) is 70.8 Å². The second-order valence-corrected chi connectivity index (χ2v) is 4.23. The fourth-order valence-electron chi connectivity index (χ4n) is 1.86. The maximum absolute atomic E-state index is 10.5. The van der Waals surface area contributed by atoms with E-state index in [-0.39, 0.29) is 12.5 Å². The van der Waals surface area contributed by atoms with Crippen LogP contribution >= 0.6 is 0 Å². The van der Waals surface area contributed by atoms with Crippen molar-refractivity contribution in [3.63, 3.8) is 0 Å². The molecule has 20 heavy (non-hydrogen) atoms. The molecule has 2 aromatic rings. The summed E-state index contributed by atoms with van der Waals surface area (Å²) in [6.45, 7) is 0.594. The second-order valence-electron chi connectivity index (χ2n) is 4.23. The number of nitro benzene ring substituents is 1. The number of hydrogen-bond donors (Lipinski definition) is 0. The van der Waals surface area contributed by atoms with Gasteiger partial charge in [0, 0.05) is 12.1 Å². The highest BCUT2D eigenvalue weighted by Gasteiger charge is 2.13. The average molecular weight is 273 g/mol. The fraction of sp³-hybridized carbons (Fsp3) is 0.143.